The molecule has 0 radical (unpaired) electrons. The lowest BCUT2D eigenvalue weighted by Gasteiger charge is -2.12. The maximum atomic E-state index is 12.6. The molecule has 0 spiro atoms. The molecule has 31 heavy (non-hydrogen) atoms. The number of thioether (sulfide) groups is 1. The van der Waals surface area contributed by atoms with Gasteiger partial charge in [0.1, 0.15) is 0 Å². The molecule has 0 aliphatic carbocycles. The molecule has 0 saturated carbocycles. The standard InChI is InChI=1S/C21H16F2N2O5S/c22-21(23)31-17-10-4-3-8-15(17)24-18(26)12-30-20(28)13-6-1-2-7-14(13)25-19(27)16-9-5-11-29-16/h1-11,21H,12H2,(H,24,26)(H,25,27). The molecule has 0 atom stereocenters. The van der Waals surface area contributed by atoms with Crippen molar-refractivity contribution in [3.05, 3.63) is 78.3 Å². The maximum Gasteiger partial charge on any atom is 0.340 e. The normalized spacial score (nSPS) is 10.5. The zero-order valence-corrected chi connectivity index (χ0v) is 16.7. The average Bonchev–Trinajstić information content (AvgIpc) is 3.29. The van der Waals surface area contributed by atoms with Crippen LogP contribution in [0.3, 0.4) is 0 Å². The number of nitrogens with one attached hydrogen (secondary N) is 2. The number of halogens is 2. The molecule has 0 aliphatic rings. The van der Waals surface area contributed by atoms with Gasteiger partial charge in [-0.05, 0) is 36.4 Å². The molecule has 10 heteroatoms. The van der Waals surface area contributed by atoms with E-state index in [-0.39, 0.29) is 27.6 Å². The van der Waals surface area contributed by atoms with Crippen LogP contribution in [0.4, 0.5) is 20.2 Å². The number of benzene rings is 2. The molecule has 3 rings (SSSR count). The molecule has 0 saturated heterocycles. The summed E-state index contributed by atoms with van der Waals surface area (Å²) in [7, 11) is 0. The van der Waals surface area contributed by atoms with Gasteiger partial charge in [0.15, 0.2) is 12.4 Å². The predicted octanol–water partition coefficient (Wildman–Crippen LogP) is 4.64. The van der Waals surface area contributed by atoms with Crippen LogP contribution >= 0.6 is 11.8 Å². The summed E-state index contributed by atoms with van der Waals surface area (Å²) in [5.74, 6) is -4.70. The summed E-state index contributed by atoms with van der Waals surface area (Å²) >= 11 is 0.291. The largest absolute Gasteiger partial charge is 0.459 e. The minimum absolute atomic E-state index is 0.0314. The van der Waals surface area contributed by atoms with Crippen molar-refractivity contribution in [3.63, 3.8) is 0 Å². The molecule has 0 fully saturated rings. The number of amides is 2. The van der Waals surface area contributed by atoms with Crippen molar-refractivity contribution in [1.82, 2.24) is 0 Å². The Morgan fingerprint density at radius 2 is 1.65 bits per heavy atom. The molecule has 1 heterocycles. The van der Waals surface area contributed by atoms with Gasteiger partial charge in [-0.3, -0.25) is 9.59 Å². The molecule has 7 nitrogen and oxygen atoms in total. The number of hydrogen-bond acceptors (Lipinski definition) is 6. The second-order valence-corrected chi connectivity index (χ2v) is 7.01. The van der Waals surface area contributed by atoms with E-state index in [1.165, 1.54) is 36.6 Å². The SMILES string of the molecule is O=C(COC(=O)c1ccccc1NC(=O)c1ccco1)Nc1ccccc1SC(F)F. The van der Waals surface area contributed by atoms with E-state index in [1.807, 2.05) is 0 Å². The Labute approximate surface area is 179 Å². The summed E-state index contributed by atoms with van der Waals surface area (Å²) in [6.07, 6.45) is 1.34. The first-order valence-electron chi connectivity index (χ1n) is 8.88. The Balaban J connectivity index is 1.61. The summed E-state index contributed by atoms with van der Waals surface area (Å²) in [5.41, 5.74) is 0.386. The molecule has 0 aliphatic heterocycles. The summed E-state index contributed by atoms with van der Waals surface area (Å²) < 4.78 is 35.3. The summed E-state index contributed by atoms with van der Waals surface area (Å²) in [6.45, 7) is -0.646. The number of esters is 1. The second-order valence-electron chi connectivity index (χ2n) is 5.98. The first kappa shape index (κ1) is 22.0. The van der Waals surface area contributed by atoms with Crippen LogP contribution in [0.1, 0.15) is 20.9 Å². The Kier molecular flexibility index (Phi) is 7.39. The Morgan fingerprint density at radius 3 is 2.35 bits per heavy atom. The van der Waals surface area contributed by atoms with Crippen LogP contribution in [0.25, 0.3) is 0 Å². The lowest BCUT2D eigenvalue weighted by molar-refractivity contribution is -0.119. The van der Waals surface area contributed by atoms with Crippen molar-refractivity contribution in [2.24, 2.45) is 0 Å². The number of carbonyl (C=O) groups is 3. The van der Waals surface area contributed by atoms with Gasteiger partial charge in [0, 0.05) is 4.90 Å². The zero-order valence-electron chi connectivity index (χ0n) is 15.8. The number of carbonyl (C=O) groups excluding carboxylic acids is 3. The van der Waals surface area contributed by atoms with Gasteiger partial charge < -0.3 is 19.8 Å². The highest BCUT2D eigenvalue weighted by atomic mass is 32.2. The molecule has 2 N–H and O–H groups in total. The van der Waals surface area contributed by atoms with E-state index >= 15 is 0 Å². The fraction of sp³-hybridized carbons (Fsp3) is 0.0952. The smallest absolute Gasteiger partial charge is 0.340 e. The van der Waals surface area contributed by atoms with Crippen LogP contribution in [0.2, 0.25) is 0 Å². The zero-order chi connectivity index (χ0) is 22.2. The number of furan rings is 1. The van der Waals surface area contributed by atoms with E-state index in [1.54, 1.807) is 30.3 Å². The Morgan fingerprint density at radius 1 is 0.935 bits per heavy atom. The fourth-order valence-corrected chi connectivity index (χ4v) is 3.12. The lowest BCUT2D eigenvalue weighted by Crippen LogP contribution is -2.22. The number of para-hydroxylation sites is 2. The fourth-order valence-electron chi connectivity index (χ4n) is 2.53. The van der Waals surface area contributed by atoms with E-state index in [2.05, 4.69) is 10.6 Å². The molecule has 0 bridgehead atoms. The lowest BCUT2D eigenvalue weighted by atomic mass is 10.1. The molecular weight excluding hydrogens is 430 g/mol. The minimum atomic E-state index is -2.65. The predicted molar refractivity (Wildman–Crippen MR) is 110 cm³/mol. The summed E-state index contributed by atoms with van der Waals surface area (Å²) in [4.78, 5) is 36.9. The highest BCUT2D eigenvalue weighted by Crippen LogP contribution is 2.31. The van der Waals surface area contributed by atoms with Crippen LogP contribution < -0.4 is 10.6 Å². The Bertz CT molecular complexity index is 1070. The van der Waals surface area contributed by atoms with Gasteiger partial charge in [0.25, 0.3) is 17.6 Å². The highest BCUT2D eigenvalue weighted by Gasteiger charge is 2.18. The van der Waals surface area contributed by atoms with E-state index < -0.39 is 30.1 Å². The van der Waals surface area contributed by atoms with Crippen LogP contribution in [0, 0.1) is 0 Å². The third kappa shape index (κ3) is 6.16. The van der Waals surface area contributed by atoms with Crippen LogP contribution in [0.15, 0.2) is 76.2 Å². The number of ether oxygens (including phenoxy) is 1. The van der Waals surface area contributed by atoms with Gasteiger partial charge in [-0.15, -0.1) is 0 Å². The van der Waals surface area contributed by atoms with Gasteiger partial charge in [-0.25, -0.2) is 4.79 Å². The molecule has 3 aromatic rings. The van der Waals surface area contributed by atoms with Crippen molar-refractivity contribution >= 4 is 40.9 Å². The Hall–Kier alpha value is -3.66. The molecule has 2 aromatic carbocycles. The number of rotatable bonds is 8. The van der Waals surface area contributed by atoms with Gasteiger partial charge in [-0.2, -0.15) is 8.78 Å². The van der Waals surface area contributed by atoms with Gasteiger partial charge in [0.2, 0.25) is 0 Å². The third-order valence-electron chi connectivity index (χ3n) is 3.85. The first-order chi connectivity index (χ1) is 14.9. The maximum absolute atomic E-state index is 12.6. The number of alkyl halides is 2. The summed E-state index contributed by atoms with van der Waals surface area (Å²) in [6, 6.07) is 15.2. The van der Waals surface area contributed by atoms with Gasteiger partial charge >= 0.3 is 5.97 Å². The monoisotopic (exact) mass is 446 g/mol. The molecule has 0 unspecified atom stereocenters. The molecule has 2 amide bonds. The number of hydrogen-bond donors (Lipinski definition) is 2. The van der Waals surface area contributed by atoms with E-state index in [4.69, 9.17) is 9.15 Å². The summed E-state index contributed by atoms with van der Waals surface area (Å²) in [5, 5.41) is 4.97. The van der Waals surface area contributed by atoms with E-state index in [0.717, 1.165) is 0 Å². The van der Waals surface area contributed by atoms with Crippen molar-refractivity contribution in [1.29, 1.82) is 0 Å². The number of anilines is 2. The second kappa shape index (κ2) is 10.4. The average molecular weight is 446 g/mol. The van der Waals surface area contributed by atoms with Gasteiger partial charge in [-0.1, -0.05) is 36.0 Å². The topological polar surface area (TPSA) is 97.6 Å². The molecule has 1 aromatic heterocycles. The third-order valence-corrected chi connectivity index (χ3v) is 4.64. The van der Waals surface area contributed by atoms with Crippen molar-refractivity contribution in [2.45, 2.75) is 10.7 Å². The molecular formula is C21H16F2N2O5S. The minimum Gasteiger partial charge on any atom is -0.459 e. The van der Waals surface area contributed by atoms with Crippen molar-refractivity contribution < 1.29 is 32.3 Å². The quantitative estimate of drug-likeness (QED) is 0.386. The van der Waals surface area contributed by atoms with Crippen molar-refractivity contribution in [2.75, 3.05) is 17.2 Å². The van der Waals surface area contributed by atoms with Gasteiger partial charge in [0.05, 0.1) is 23.2 Å². The van der Waals surface area contributed by atoms with E-state index in [0.29, 0.717) is 11.8 Å². The van der Waals surface area contributed by atoms with Crippen LogP contribution in [-0.4, -0.2) is 30.1 Å². The first-order valence-corrected chi connectivity index (χ1v) is 9.76. The van der Waals surface area contributed by atoms with Crippen LogP contribution in [0.5, 0.6) is 0 Å². The van der Waals surface area contributed by atoms with Crippen LogP contribution in [-0.2, 0) is 9.53 Å². The molecule has 160 valence electrons. The van der Waals surface area contributed by atoms with Crippen molar-refractivity contribution in [3.8, 4) is 0 Å². The van der Waals surface area contributed by atoms with E-state index in [9.17, 15) is 23.2 Å². The highest BCUT2D eigenvalue weighted by molar-refractivity contribution is 7.99.